The first kappa shape index (κ1) is 14.0. The van der Waals surface area contributed by atoms with Crippen molar-refractivity contribution in [2.45, 2.75) is 6.18 Å². The van der Waals surface area contributed by atoms with Gasteiger partial charge < -0.3 is 0 Å². The molecule has 2 aromatic rings. The maximum absolute atomic E-state index is 12.2. The zero-order valence-corrected chi connectivity index (χ0v) is 11.3. The van der Waals surface area contributed by atoms with Crippen LogP contribution in [0.4, 0.5) is 13.2 Å². The Labute approximate surface area is 118 Å². The summed E-state index contributed by atoms with van der Waals surface area (Å²) in [7, 11) is 0. The smallest absolute Gasteiger partial charge is 0.282 e. The molecule has 0 unspecified atom stereocenters. The van der Waals surface area contributed by atoms with Crippen molar-refractivity contribution in [1.82, 2.24) is 15.0 Å². The lowest BCUT2D eigenvalue weighted by Crippen LogP contribution is -2.23. The Morgan fingerprint density at radius 1 is 1.37 bits per heavy atom. The monoisotopic (exact) mass is 353 g/mol. The van der Waals surface area contributed by atoms with Crippen LogP contribution in [0.3, 0.4) is 0 Å². The molecule has 0 amide bonds. The second-order valence-corrected chi connectivity index (χ2v) is 4.76. The maximum atomic E-state index is 12.2. The summed E-state index contributed by atoms with van der Waals surface area (Å²) in [4.78, 5) is 11.0. The number of ketones is 1. The van der Waals surface area contributed by atoms with Gasteiger partial charge in [0.05, 0.1) is 11.9 Å². The summed E-state index contributed by atoms with van der Waals surface area (Å²) in [5.74, 6) is -2.04. The number of hydrogen-bond acceptors (Lipinski definition) is 3. The quantitative estimate of drug-likeness (QED) is 0.776. The first-order chi connectivity index (χ1) is 8.79. The van der Waals surface area contributed by atoms with Gasteiger partial charge in [0.25, 0.3) is 5.78 Å². The Bertz CT molecular complexity index is 641. The summed E-state index contributed by atoms with van der Waals surface area (Å²) in [5.41, 5.74) is -0.402. The van der Waals surface area contributed by atoms with E-state index in [1.54, 1.807) is 12.1 Å². The molecule has 0 atom stereocenters. The third-order valence-corrected chi connectivity index (χ3v) is 3.04. The van der Waals surface area contributed by atoms with E-state index in [0.717, 1.165) is 10.9 Å². The SMILES string of the molecule is O=C(c1cn(-c2cc(Cl)ccc2Br)nn1)C(F)(F)F. The largest absolute Gasteiger partial charge is 0.456 e. The van der Waals surface area contributed by atoms with Crippen LogP contribution in [0.15, 0.2) is 28.9 Å². The molecular formula is C10H4BrClF3N3O. The van der Waals surface area contributed by atoms with E-state index in [9.17, 15) is 18.0 Å². The van der Waals surface area contributed by atoms with Crippen molar-refractivity contribution in [3.63, 3.8) is 0 Å². The number of rotatable bonds is 2. The second-order valence-electron chi connectivity index (χ2n) is 3.47. The van der Waals surface area contributed by atoms with E-state index in [2.05, 4.69) is 26.2 Å². The summed E-state index contributed by atoms with van der Waals surface area (Å²) in [5, 5.41) is 7.06. The van der Waals surface area contributed by atoms with Gasteiger partial charge in [-0.1, -0.05) is 16.8 Å². The zero-order valence-electron chi connectivity index (χ0n) is 8.95. The Hall–Kier alpha value is -1.41. The van der Waals surface area contributed by atoms with Crippen LogP contribution in [-0.4, -0.2) is 27.0 Å². The predicted molar refractivity (Wildman–Crippen MR) is 64.5 cm³/mol. The van der Waals surface area contributed by atoms with E-state index in [4.69, 9.17) is 11.6 Å². The van der Waals surface area contributed by atoms with Crippen LogP contribution in [0.1, 0.15) is 10.5 Å². The highest BCUT2D eigenvalue weighted by molar-refractivity contribution is 9.10. The van der Waals surface area contributed by atoms with Gasteiger partial charge in [-0.3, -0.25) is 4.79 Å². The van der Waals surface area contributed by atoms with E-state index >= 15 is 0 Å². The Morgan fingerprint density at radius 2 is 2.05 bits per heavy atom. The maximum Gasteiger partial charge on any atom is 0.456 e. The first-order valence-corrected chi connectivity index (χ1v) is 5.95. The van der Waals surface area contributed by atoms with Gasteiger partial charge >= 0.3 is 6.18 Å². The first-order valence-electron chi connectivity index (χ1n) is 4.78. The molecule has 2 rings (SSSR count). The number of alkyl halides is 3. The third kappa shape index (κ3) is 2.95. The molecule has 0 saturated carbocycles. The van der Waals surface area contributed by atoms with E-state index in [1.165, 1.54) is 6.07 Å². The molecule has 1 aromatic heterocycles. The predicted octanol–water partition coefficient (Wildman–Crippen LogP) is 3.43. The second kappa shape index (κ2) is 4.93. The van der Waals surface area contributed by atoms with Crippen molar-refractivity contribution in [2.75, 3.05) is 0 Å². The fraction of sp³-hybridized carbons (Fsp3) is 0.100. The number of carbonyl (C=O) groups is 1. The highest BCUT2D eigenvalue weighted by Gasteiger charge is 2.41. The number of hydrogen-bond donors (Lipinski definition) is 0. The van der Waals surface area contributed by atoms with Crippen molar-refractivity contribution < 1.29 is 18.0 Å². The summed E-state index contributed by atoms with van der Waals surface area (Å²) < 4.78 is 38.3. The van der Waals surface area contributed by atoms with Crippen LogP contribution in [0.2, 0.25) is 5.02 Å². The Morgan fingerprint density at radius 3 is 2.68 bits per heavy atom. The molecule has 0 aliphatic carbocycles. The van der Waals surface area contributed by atoms with Crippen molar-refractivity contribution in [3.05, 3.63) is 39.6 Å². The summed E-state index contributed by atoms with van der Waals surface area (Å²) >= 11 is 8.98. The summed E-state index contributed by atoms with van der Waals surface area (Å²) in [6.45, 7) is 0. The third-order valence-electron chi connectivity index (χ3n) is 2.14. The van der Waals surface area contributed by atoms with Crippen molar-refractivity contribution in [3.8, 4) is 5.69 Å². The minimum Gasteiger partial charge on any atom is -0.282 e. The molecule has 100 valence electrons. The molecule has 4 nitrogen and oxygen atoms in total. The minimum atomic E-state index is -4.98. The molecule has 9 heteroatoms. The molecule has 0 bridgehead atoms. The summed E-state index contributed by atoms with van der Waals surface area (Å²) in [6.07, 6.45) is -4.08. The number of nitrogens with zero attached hydrogens (tertiary/aromatic N) is 3. The molecule has 1 aromatic carbocycles. The number of carbonyl (C=O) groups excluding carboxylic acids is 1. The summed E-state index contributed by atoms with van der Waals surface area (Å²) in [6, 6.07) is 4.67. The van der Waals surface area contributed by atoms with Crippen molar-refractivity contribution >= 4 is 33.3 Å². The van der Waals surface area contributed by atoms with Crippen LogP contribution < -0.4 is 0 Å². The van der Waals surface area contributed by atoms with Crippen LogP contribution in [0.25, 0.3) is 5.69 Å². The fourth-order valence-electron chi connectivity index (χ4n) is 1.29. The van der Waals surface area contributed by atoms with Crippen molar-refractivity contribution in [1.29, 1.82) is 0 Å². The van der Waals surface area contributed by atoms with Gasteiger partial charge in [-0.2, -0.15) is 13.2 Å². The molecule has 19 heavy (non-hydrogen) atoms. The molecule has 0 radical (unpaired) electrons. The van der Waals surface area contributed by atoms with Gasteiger partial charge in [-0.05, 0) is 34.1 Å². The highest BCUT2D eigenvalue weighted by atomic mass is 79.9. The average molecular weight is 355 g/mol. The van der Waals surface area contributed by atoms with Crippen LogP contribution >= 0.6 is 27.5 Å². The number of benzene rings is 1. The fourth-order valence-corrected chi connectivity index (χ4v) is 1.89. The van der Waals surface area contributed by atoms with Crippen molar-refractivity contribution in [2.24, 2.45) is 0 Å². The van der Waals surface area contributed by atoms with E-state index in [-0.39, 0.29) is 0 Å². The topological polar surface area (TPSA) is 47.8 Å². The van der Waals surface area contributed by atoms with Gasteiger partial charge in [0.15, 0.2) is 5.69 Å². The van der Waals surface area contributed by atoms with E-state index in [0.29, 0.717) is 15.2 Å². The number of Topliss-reactive ketones (excluding diaryl/α,β-unsaturated/α-hetero) is 1. The lowest BCUT2D eigenvalue weighted by molar-refractivity contribution is -0.0888. The van der Waals surface area contributed by atoms with Gasteiger partial charge in [0.2, 0.25) is 0 Å². The van der Waals surface area contributed by atoms with Gasteiger partial charge in [0.1, 0.15) is 0 Å². The van der Waals surface area contributed by atoms with E-state index in [1.807, 2.05) is 0 Å². The molecule has 0 fully saturated rings. The lowest BCUT2D eigenvalue weighted by atomic mass is 10.3. The molecule has 1 heterocycles. The lowest BCUT2D eigenvalue weighted by Gasteiger charge is -2.03. The Balaban J connectivity index is 2.42. The number of halogens is 5. The standard InChI is InChI=1S/C10H4BrClF3N3O/c11-6-2-1-5(12)3-8(6)18-4-7(16-17-18)9(19)10(13,14)15/h1-4H. The molecular weight excluding hydrogens is 350 g/mol. The molecule has 0 spiro atoms. The van der Waals surface area contributed by atoms with Gasteiger partial charge in [-0.15, -0.1) is 5.10 Å². The minimum absolute atomic E-state index is 0.373. The van der Waals surface area contributed by atoms with Gasteiger partial charge in [0, 0.05) is 9.50 Å². The Kier molecular flexibility index (Phi) is 3.64. The molecule has 0 aliphatic rings. The average Bonchev–Trinajstić information content (AvgIpc) is 2.79. The molecule has 0 saturated heterocycles. The molecule has 0 aliphatic heterocycles. The van der Waals surface area contributed by atoms with Crippen LogP contribution in [-0.2, 0) is 0 Å². The van der Waals surface area contributed by atoms with Gasteiger partial charge in [-0.25, -0.2) is 4.68 Å². The molecule has 0 N–H and O–H groups in total. The van der Waals surface area contributed by atoms with E-state index < -0.39 is 17.7 Å². The normalized spacial score (nSPS) is 11.6. The highest BCUT2D eigenvalue weighted by Crippen LogP contribution is 2.25. The number of aromatic nitrogens is 3. The van der Waals surface area contributed by atoms with Crippen LogP contribution in [0, 0.1) is 0 Å². The zero-order chi connectivity index (χ0) is 14.2. The van der Waals surface area contributed by atoms with Crippen LogP contribution in [0.5, 0.6) is 0 Å².